The fourth-order valence-corrected chi connectivity index (χ4v) is 5.06. The lowest BCUT2D eigenvalue weighted by molar-refractivity contribution is -0.132. The number of ether oxygens (including phenoxy) is 1. The number of carbonyl (C=O) groups excluding carboxylic acids is 1. The molecule has 0 aliphatic carbocycles. The summed E-state index contributed by atoms with van der Waals surface area (Å²) in [5.74, 6) is 0.224. The van der Waals surface area contributed by atoms with Crippen molar-refractivity contribution in [3.05, 3.63) is 54.6 Å². The Labute approximate surface area is 151 Å². The summed E-state index contributed by atoms with van der Waals surface area (Å²) in [5, 5.41) is 12.1. The number of rotatable bonds is 5. The summed E-state index contributed by atoms with van der Waals surface area (Å²) in [7, 11) is -3.99. The lowest BCUT2D eigenvalue weighted by atomic mass is 9.96. The number of piperidine rings is 1. The molecule has 0 aromatic heterocycles. The third kappa shape index (κ3) is 3.31. The third-order valence-corrected chi connectivity index (χ3v) is 7.07. The van der Waals surface area contributed by atoms with Gasteiger partial charge in [-0.05, 0) is 62.3 Å². The molecular formula is C18H20N2O5S. The van der Waals surface area contributed by atoms with E-state index in [1.807, 2.05) is 18.2 Å². The molecule has 0 atom stereocenters. The average molecular weight is 376 g/mol. The Kier molecular flexibility index (Phi) is 5.26. The highest BCUT2D eigenvalue weighted by atomic mass is 32.2. The van der Waals surface area contributed by atoms with Gasteiger partial charge in [-0.15, -0.1) is 0 Å². The number of nitrogens with one attached hydrogen (secondary N) is 2. The summed E-state index contributed by atoms with van der Waals surface area (Å²) in [6, 6.07) is 15.1. The number of benzene rings is 2. The topological polar surface area (TPSA) is 105 Å². The molecule has 0 bridgehead atoms. The smallest absolute Gasteiger partial charge is 0.265 e. The number of hydrogen-bond donors (Lipinski definition) is 3. The van der Waals surface area contributed by atoms with Gasteiger partial charge in [-0.2, -0.15) is 0 Å². The van der Waals surface area contributed by atoms with Gasteiger partial charge in [0.2, 0.25) is 0 Å². The van der Waals surface area contributed by atoms with Crippen LogP contribution in [-0.4, -0.2) is 37.4 Å². The third-order valence-electron chi connectivity index (χ3n) is 4.55. The minimum absolute atomic E-state index is 0.0170. The zero-order valence-corrected chi connectivity index (χ0v) is 14.8. The maximum absolute atomic E-state index is 13.1. The zero-order valence-electron chi connectivity index (χ0n) is 14.0. The largest absolute Gasteiger partial charge is 0.457 e. The Bertz CT molecular complexity index is 860. The minimum Gasteiger partial charge on any atom is -0.457 e. The number of amides is 1. The van der Waals surface area contributed by atoms with Crippen molar-refractivity contribution < 1.29 is 23.2 Å². The van der Waals surface area contributed by atoms with Crippen LogP contribution in [0, 0.1) is 0 Å². The van der Waals surface area contributed by atoms with E-state index < -0.39 is 20.5 Å². The van der Waals surface area contributed by atoms with Gasteiger partial charge >= 0.3 is 0 Å². The van der Waals surface area contributed by atoms with E-state index in [1.54, 1.807) is 24.3 Å². The number of carbonyl (C=O) groups is 1. The van der Waals surface area contributed by atoms with Gasteiger partial charge in [0, 0.05) is 0 Å². The highest BCUT2D eigenvalue weighted by Crippen LogP contribution is 2.35. The first-order chi connectivity index (χ1) is 12.5. The van der Waals surface area contributed by atoms with Crippen LogP contribution in [0.1, 0.15) is 12.8 Å². The van der Waals surface area contributed by atoms with E-state index in [4.69, 9.17) is 9.94 Å². The molecule has 2 aromatic rings. The van der Waals surface area contributed by atoms with Crippen LogP contribution in [0.3, 0.4) is 0 Å². The van der Waals surface area contributed by atoms with E-state index in [9.17, 15) is 13.2 Å². The second kappa shape index (κ2) is 7.45. The standard InChI is InChI=1S/C18H20N2O5S/c21-17(20-22)18(10-12-19-13-11-18)26(23,24)16-8-6-15(7-9-16)25-14-4-2-1-3-5-14/h1-9,19,22H,10-13H2,(H,20,21). The normalized spacial score (nSPS) is 16.7. The Morgan fingerprint density at radius 3 is 2.15 bits per heavy atom. The molecule has 1 amide bonds. The summed E-state index contributed by atoms with van der Waals surface area (Å²) in [5.41, 5.74) is 1.52. The summed E-state index contributed by atoms with van der Waals surface area (Å²) < 4.78 is 30.3. The molecule has 8 heteroatoms. The van der Waals surface area contributed by atoms with Crippen molar-refractivity contribution in [1.82, 2.24) is 10.8 Å². The fourth-order valence-electron chi connectivity index (χ4n) is 3.09. The molecule has 1 aliphatic heterocycles. The predicted molar refractivity (Wildman–Crippen MR) is 94.9 cm³/mol. The van der Waals surface area contributed by atoms with Crippen molar-refractivity contribution in [1.29, 1.82) is 0 Å². The van der Waals surface area contributed by atoms with E-state index >= 15 is 0 Å². The van der Waals surface area contributed by atoms with E-state index in [0.29, 0.717) is 24.6 Å². The van der Waals surface area contributed by atoms with Gasteiger partial charge in [-0.1, -0.05) is 18.2 Å². The van der Waals surface area contributed by atoms with Crippen molar-refractivity contribution >= 4 is 15.7 Å². The Balaban J connectivity index is 1.90. The molecule has 138 valence electrons. The van der Waals surface area contributed by atoms with Crippen molar-refractivity contribution in [3.63, 3.8) is 0 Å². The van der Waals surface area contributed by atoms with Crippen LogP contribution in [0.25, 0.3) is 0 Å². The first-order valence-corrected chi connectivity index (χ1v) is 9.71. The van der Waals surface area contributed by atoms with Crippen molar-refractivity contribution in [2.75, 3.05) is 13.1 Å². The average Bonchev–Trinajstić information content (AvgIpc) is 2.69. The maximum Gasteiger partial charge on any atom is 0.265 e. The van der Waals surface area contributed by atoms with Crippen LogP contribution in [0.2, 0.25) is 0 Å². The lowest BCUT2D eigenvalue weighted by Gasteiger charge is -2.34. The summed E-state index contributed by atoms with van der Waals surface area (Å²) in [6.07, 6.45) is 0.175. The van der Waals surface area contributed by atoms with Gasteiger partial charge in [0.25, 0.3) is 5.91 Å². The molecule has 0 spiro atoms. The SMILES string of the molecule is O=C(NO)C1(S(=O)(=O)c2ccc(Oc3ccccc3)cc2)CCNCC1. The number of hydrogen-bond acceptors (Lipinski definition) is 6. The molecule has 1 aliphatic rings. The molecule has 26 heavy (non-hydrogen) atoms. The van der Waals surface area contributed by atoms with Crippen molar-refractivity contribution in [2.45, 2.75) is 22.5 Å². The van der Waals surface area contributed by atoms with Gasteiger partial charge < -0.3 is 10.1 Å². The van der Waals surface area contributed by atoms with Crippen molar-refractivity contribution in [2.24, 2.45) is 0 Å². The van der Waals surface area contributed by atoms with E-state index in [2.05, 4.69) is 5.32 Å². The van der Waals surface area contributed by atoms with Crippen LogP contribution < -0.4 is 15.5 Å². The summed E-state index contributed by atoms with van der Waals surface area (Å²) in [4.78, 5) is 12.2. The van der Waals surface area contributed by atoms with Gasteiger partial charge in [0.1, 0.15) is 11.5 Å². The molecule has 1 heterocycles. The molecule has 3 rings (SSSR count). The summed E-state index contributed by atoms with van der Waals surface area (Å²) >= 11 is 0. The molecule has 1 saturated heterocycles. The van der Waals surface area contributed by atoms with Crippen LogP contribution in [0.15, 0.2) is 59.5 Å². The Morgan fingerprint density at radius 1 is 1.00 bits per heavy atom. The highest BCUT2D eigenvalue weighted by Gasteiger charge is 2.51. The first-order valence-electron chi connectivity index (χ1n) is 8.22. The number of para-hydroxylation sites is 1. The van der Waals surface area contributed by atoms with Gasteiger partial charge in [-0.3, -0.25) is 10.0 Å². The molecule has 3 N–H and O–H groups in total. The zero-order chi connectivity index (χ0) is 18.6. The molecule has 2 aromatic carbocycles. The number of sulfone groups is 1. The lowest BCUT2D eigenvalue weighted by Crippen LogP contribution is -2.57. The predicted octanol–water partition coefficient (Wildman–Crippen LogP) is 1.88. The van der Waals surface area contributed by atoms with Gasteiger partial charge in [0.15, 0.2) is 14.6 Å². The van der Waals surface area contributed by atoms with Gasteiger partial charge in [-0.25, -0.2) is 13.9 Å². The van der Waals surface area contributed by atoms with Crippen LogP contribution in [-0.2, 0) is 14.6 Å². The van der Waals surface area contributed by atoms with Crippen LogP contribution in [0.4, 0.5) is 0 Å². The molecule has 7 nitrogen and oxygen atoms in total. The molecule has 1 fully saturated rings. The van der Waals surface area contributed by atoms with Crippen LogP contribution in [0.5, 0.6) is 11.5 Å². The van der Waals surface area contributed by atoms with Crippen LogP contribution >= 0.6 is 0 Å². The quantitative estimate of drug-likeness (QED) is 0.544. The monoisotopic (exact) mass is 376 g/mol. The Hall–Kier alpha value is -2.42. The van der Waals surface area contributed by atoms with E-state index in [0.717, 1.165) is 0 Å². The molecular weight excluding hydrogens is 356 g/mol. The van der Waals surface area contributed by atoms with Crippen molar-refractivity contribution in [3.8, 4) is 11.5 Å². The molecule has 0 radical (unpaired) electrons. The second-order valence-corrected chi connectivity index (χ2v) is 8.33. The van der Waals surface area contributed by atoms with E-state index in [1.165, 1.54) is 17.6 Å². The Morgan fingerprint density at radius 2 is 1.58 bits per heavy atom. The maximum atomic E-state index is 13.1. The first kappa shape index (κ1) is 18.4. The molecule has 0 saturated carbocycles. The summed E-state index contributed by atoms with van der Waals surface area (Å²) in [6.45, 7) is 0.754. The van der Waals surface area contributed by atoms with E-state index in [-0.39, 0.29) is 17.7 Å². The van der Waals surface area contributed by atoms with Gasteiger partial charge in [0.05, 0.1) is 4.90 Å². The fraction of sp³-hybridized carbons (Fsp3) is 0.278. The minimum atomic E-state index is -3.99. The molecule has 0 unspecified atom stereocenters. The number of hydroxylamine groups is 1. The highest BCUT2D eigenvalue weighted by molar-refractivity contribution is 7.93. The second-order valence-electron chi connectivity index (χ2n) is 6.08.